The summed E-state index contributed by atoms with van der Waals surface area (Å²) in [4.78, 5) is 14.1. The highest BCUT2D eigenvalue weighted by atomic mass is 32.2. The topological polar surface area (TPSA) is 58.1 Å². The van der Waals surface area contributed by atoms with Gasteiger partial charge in [-0.25, -0.2) is 0 Å². The van der Waals surface area contributed by atoms with E-state index in [9.17, 15) is 4.79 Å². The van der Waals surface area contributed by atoms with Crippen molar-refractivity contribution in [2.45, 2.75) is 31.9 Å². The lowest BCUT2D eigenvalue weighted by atomic mass is 10.1. The summed E-state index contributed by atoms with van der Waals surface area (Å²) >= 11 is 2.83. The molecule has 2 heterocycles. The molecule has 1 aliphatic rings. The number of likely N-dealkylation sites (tertiary alicyclic amines) is 1. The van der Waals surface area contributed by atoms with Crippen LogP contribution in [0.1, 0.15) is 30.7 Å². The predicted octanol–water partition coefficient (Wildman–Crippen LogP) is 1.68. The number of carbonyl (C=O) groups excluding carboxylic acids is 1. The van der Waals surface area contributed by atoms with Crippen molar-refractivity contribution >= 4 is 29.4 Å². The second-order valence-corrected chi connectivity index (χ2v) is 6.56. The van der Waals surface area contributed by atoms with Gasteiger partial charge >= 0.3 is 0 Å². The van der Waals surface area contributed by atoms with Crippen LogP contribution in [0.15, 0.2) is 0 Å². The molecule has 0 atom stereocenters. The van der Waals surface area contributed by atoms with Gasteiger partial charge in [-0.05, 0) is 32.9 Å². The molecule has 1 aliphatic heterocycles. The Bertz CT molecular complexity index is 418. The van der Waals surface area contributed by atoms with Crippen molar-refractivity contribution in [1.29, 1.82) is 0 Å². The normalized spacial score (nSPS) is 16.2. The van der Waals surface area contributed by atoms with E-state index in [1.165, 1.54) is 44.1 Å². The zero-order chi connectivity index (χ0) is 14.2. The maximum absolute atomic E-state index is 11.7. The van der Waals surface area contributed by atoms with Gasteiger partial charge < -0.3 is 10.2 Å². The van der Waals surface area contributed by atoms with E-state index < -0.39 is 0 Å². The maximum Gasteiger partial charge on any atom is 0.230 e. The molecule has 0 saturated carbocycles. The number of aromatic nitrogens is 2. The van der Waals surface area contributed by atoms with Crippen LogP contribution >= 0.6 is 23.5 Å². The summed E-state index contributed by atoms with van der Waals surface area (Å²) in [5.41, 5.74) is 1.98. The molecule has 1 aromatic heterocycles. The van der Waals surface area contributed by atoms with Gasteiger partial charge in [-0.15, -0.1) is 11.8 Å². The van der Waals surface area contributed by atoms with Crippen molar-refractivity contribution in [3.8, 4) is 0 Å². The third-order valence-electron chi connectivity index (χ3n) is 3.42. The lowest BCUT2D eigenvalue weighted by molar-refractivity contribution is -0.118. The number of carbonyl (C=O) groups is 1. The van der Waals surface area contributed by atoms with Gasteiger partial charge in [0.1, 0.15) is 0 Å². The van der Waals surface area contributed by atoms with Gasteiger partial charge in [-0.2, -0.15) is 8.75 Å². The summed E-state index contributed by atoms with van der Waals surface area (Å²) in [5.74, 6) is 1.38. The fourth-order valence-electron chi connectivity index (χ4n) is 2.21. The first-order valence-corrected chi connectivity index (χ1v) is 8.99. The second-order valence-electron chi connectivity index (χ2n) is 5.04. The lowest BCUT2D eigenvalue weighted by Gasteiger charge is -2.26. The van der Waals surface area contributed by atoms with Crippen LogP contribution in [0.3, 0.4) is 0 Å². The summed E-state index contributed by atoms with van der Waals surface area (Å²) in [6.07, 6.45) is 3.94. The van der Waals surface area contributed by atoms with Crippen molar-refractivity contribution in [3.63, 3.8) is 0 Å². The fourth-order valence-corrected chi connectivity index (χ4v) is 3.71. The van der Waals surface area contributed by atoms with Gasteiger partial charge in [-0.3, -0.25) is 4.79 Å². The quantitative estimate of drug-likeness (QED) is 0.830. The molecule has 0 spiro atoms. The molecule has 5 nitrogen and oxygen atoms in total. The zero-order valence-corrected chi connectivity index (χ0v) is 13.6. The molecule has 0 bridgehead atoms. The monoisotopic (exact) mass is 314 g/mol. The Labute approximate surface area is 128 Å². The van der Waals surface area contributed by atoms with Gasteiger partial charge in [0.05, 0.1) is 28.9 Å². The Morgan fingerprint density at radius 1 is 1.35 bits per heavy atom. The van der Waals surface area contributed by atoms with Crippen LogP contribution < -0.4 is 5.32 Å². The first-order chi connectivity index (χ1) is 9.75. The molecule has 1 fully saturated rings. The Morgan fingerprint density at radius 2 is 2.15 bits per heavy atom. The number of nitrogens with zero attached hydrogens (tertiary/aromatic N) is 3. The van der Waals surface area contributed by atoms with Crippen LogP contribution in [-0.4, -0.2) is 51.5 Å². The number of amides is 1. The van der Waals surface area contributed by atoms with E-state index in [1.807, 2.05) is 6.92 Å². The first-order valence-electron chi connectivity index (χ1n) is 7.10. The van der Waals surface area contributed by atoms with Gasteiger partial charge in [0.25, 0.3) is 0 Å². The molecule has 20 heavy (non-hydrogen) atoms. The largest absolute Gasteiger partial charge is 0.354 e. The van der Waals surface area contributed by atoms with E-state index in [-0.39, 0.29) is 5.91 Å². The molecule has 0 aliphatic carbocycles. The van der Waals surface area contributed by atoms with Crippen molar-refractivity contribution < 1.29 is 4.79 Å². The van der Waals surface area contributed by atoms with Crippen molar-refractivity contribution in [2.24, 2.45) is 0 Å². The highest BCUT2D eigenvalue weighted by molar-refractivity contribution is 7.99. The lowest BCUT2D eigenvalue weighted by Crippen LogP contribution is -2.38. The Balaban J connectivity index is 1.53. The van der Waals surface area contributed by atoms with Crippen molar-refractivity contribution in [1.82, 2.24) is 19.0 Å². The summed E-state index contributed by atoms with van der Waals surface area (Å²) in [7, 11) is 0. The second kappa shape index (κ2) is 8.59. The molecular weight excluding hydrogens is 292 g/mol. The average Bonchev–Trinajstić information content (AvgIpc) is 2.86. The minimum atomic E-state index is 0.118. The highest BCUT2D eigenvalue weighted by Crippen LogP contribution is 2.13. The molecule has 0 unspecified atom stereocenters. The SMILES string of the molecule is Cc1nsnc1CSCC(=O)NCCN1CCCCC1. The summed E-state index contributed by atoms with van der Waals surface area (Å²) in [6, 6.07) is 0. The number of nitrogens with one attached hydrogen (secondary N) is 1. The van der Waals surface area contributed by atoms with E-state index >= 15 is 0 Å². The Hall–Kier alpha value is -0.660. The van der Waals surface area contributed by atoms with E-state index in [0.717, 1.165) is 30.2 Å². The molecule has 1 aromatic rings. The zero-order valence-electron chi connectivity index (χ0n) is 11.9. The van der Waals surface area contributed by atoms with Crippen LogP contribution in [-0.2, 0) is 10.5 Å². The van der Waals surface area contributed by atoms with Crippen molar-refractivity contribution in [2.75, 3.05) is 31.9 Å². The van der Waals surface area contributed by atoms with Gasteiger partial charge in [0.2, 0.25) is 5.91 Å². The van der Waals surface area contributed by atoms with Crippen LogP contribution in [0, 0.1) is 6.92 Å². The van der Waals surface area contributed by atoms with E-state index in [0.29, 0.717) is 5.75 Å². The summed E-state index contributed by atoms with van der Waals surface area (Å²) in [6.45, 7) is 6.06. The smallest absolute Gasteiger partial charge is 0.230 e. The number of piperidine rings is 1. The Morgan fingerprint density at radius 3 is 2.85 bits per heavy atom. The van der Waals surface area contributed by atoms with Gasteiger partial charge in [0.15, 0.2) is 0 Å². The molecule has 2 rings (SSSR count). The number of aryl methyl sites for hydroxylation is 1. The van der Waals surface area contributed by atoms with E-state index in [4.69, 9.17) is 0 Å². The number of thioether (sulfide) groups is 1. The Kier molecular flexibility index (Phi) is 6.75. The van der Waals surface area contributed by atoms with Gasteiger partial charge in [0, 0.05) is 18.8 Å². The fraction of sp³-hybridized carbons (Fsp3) is 0.769. The van der Waals surface area contributed by atoms with Crippen LogP contribution in [0.4, 0.5) is 0 Å². The minimum absolute atomic E-state index is 0.118. The first kappa shape index (κ1) is 15.7. The van der Waals surface area contributed by atoms with E-state index in [2.05, 4.69) is 19.0 Å². The van der Waals surface area contributed by atoms with Crippen LogP contribution in [0.25, 0.3) is 0 Å². The number of rotatable bonds is 7. The molecule has 1 saturated heterocycles. The molecule has 0 aromatic carbocycles. The highest BCUT2D eigenvalue weighted by Gasteiger charge is 2.10. The van der Waals surface area contributed by atoms with Gasteiger partial charge in [-0.1, -0.05) is 6.42 Å². The molecule has 0 radical (unpaired) electrons. The molecule has 1 N–H and O–H groups in total. The average molecular weight is 314 g/mol. The maximum atomic E-state index is 11.7. The van der Waals surface area contributed by atoms with E-state index in [1.54, 1.807) is 11.8 Å². The number of hydrogen-bond acceptors (Lipinski definition) is 6. The summed E-state index contributed by atoms with van der Waals surface area (Å²) < 4.78 is 8.33. The minimum Gasteiger partial charge on any atom is -0.354 e. The third kappa shape index (κ3) is 5.38. The van der Waals surface area contributed by atoms with Crippen LogP contribution in [0.5, 0.6) is 0 Å². The van der Waals surface area contributed by atoms with Crippen molar-refractivity contribution in [3.05, 3.63) is 11.4 Å². The molecule has 7 heteroatoms. The van der Waals surface area contributed by atoms with Crippen LogP contribution in [0.2, 0.25) is 0 Å². The molecule has 112 valence electrons. The third-order valence-corrected chi connectivity index (χ3v) is 5.02. The summed E-state index contributed by atoms with van der Waals surface area (Å²) in [5, 5.41) is 2.99. The molecular formula is C13H22N4OS2. The number of hydrogen-bond donors (Lipinski definition) is 1. The molecule has 1 amide bonds. The predicted molar refractivity (Wildman–Crippen MR) is 84.1 cm³/mol. The standard InChI is InChI=1S/C13H22N4OS2/c1-11-12(16-20-15-11)9-19-10-13(18)14-5-8-17-6-3-2-4-7-17/h2-10H2,1H3,(H,14,18).